The Balaban J connectivity index is 2.60. The van der Waals surface area contributed by atoms with E-state index in [4.69, 9.17) is 5.73 Å². The first kappa shape index (κ1) is 10.6. The van der Waals surface area contributed by atoms with Crippen LogP contribution in [0.4, 0.5) is 5.95 Å². The molecular formula is C13H15N3. The van der Waals surface area contributed by atoms with Crippen LogP contribution in [0.5, 0.6) is 0 Å². The molecule has 0 atom stereocenters. The average Bonchev–Trinajstić information content (AvgIpc) is 2.19. The summed E-state index contributed by atoms with van der Waals surface area (Å²) >= 11 is 0. The summed E-state index contributed by atoms with van der Waals surface area (Å²) in [4.78, 5) is 8.40. The SMILES string of the molecule is Cc1ccc(-c2c(C)nc(N)nc2C)cc1. The number of rotatable bonds is 1. The second-order valence-corrected chi connectivity index (χ2v) is 3.99. The van der Waals surface area contributed by atoms with Gasteiger partial charge in [-0.25, -0.2) is 9.97 Å². The molecule has 0 bridgehead atoms. The highest BCUT2D eigenvalue weighted by Crippen LogP contribution is 2.25. The molecule has 16 heavy (non-hydrogen) atoms. The van der Waals surface area contributed by atoms with E-state index in [9.17, 15) is 0 Å². The number of nitrogen functional groups attached to an aromatic ring is 1. The lowest BCUT2D eigenvalue weighted by atomic mass is 10.0. The van der Waals surface area contributed by atoms with Crippen molar-refractivity contribution >= 4 is 5.95 Å². The fraction of sp³-hybridized carbons (Fsp3) is 0.231. The molecule has 2 N–H and O–H groups in total. The van der Waals surface area contributed by atoms with Crippen molar-refractivity contribution in [1.29, 1.82) is 0 Å². The molecule has 82 valence electrons. The maximum atomic E-state index is 5.61. The Morgan fingerprint density at radius 1 is 0.875 bits per heavy atom. The normalized spacial score (nSPS) is 10.4. The van der Waals surface area contributed by atoms with Crippen LogP contribution in [0.3, 0.4) is 0 Å². The van der Waals surface area contributed by atoms with Gasteiger partial charge in [-0.2, -0.15) is 0 Å². The van der Waals surface area contributed by atoms with E-state index in [0.29, 0.717) is 5.95 Å². The van der Waals surface area contributed by atoms with Crippen molar-refractivity contribution in [2.45, 2.75) is 20.8 Å². The number of benzene rings is 1. The molecule has 2 aromatic rings. The smallest absolute Gasteiger partial charge is 0.220 e. The maximum Gasteiger partial charge on any atom is 0.220 e. The van der Waals surface area contributed by atoms with Gasteiger partial charge in [-0.15, -0.1) is 0 Å². The molecule has 2 rings (SSSR count). The third kappa shape index (κ3) is 1.89. The lowest BCUT2D eigenvalue weighted by Crippen LogP contribution is -2.01. The minimum absolute atomic E-state index is 0.339. The fourth-order valence-corrected chi connectivity index (χ4v) is 1.88. The molecule has 0 amide bonds. The van der Waals surface area contributed by atoms with Gasteiger partial charge < -0.3 is 5.73 Å². The van der Waals surface area contributed by atoms with E-state index in [-0.39, 0.29) is 0 Å². The molecule has 0 saturated carbocycles. The van der Waals surface area contributed by atoms with Gasteiger partial charge >= 0.3 is 0 Å². The summed E-state index contributed by atoms with van der Waals surface area (Å²) in [5.41, 5.74) is 10.9. The molecule has 1 heterocycles. The second kappa shape index (κ2) is 3.93. The van der Waals surface area contributed by atoms with E-state index < -0.39 is 0 Å². The zero-order chi connectivity index (χ0) is 11.7. The zero-order valence-electron chi connectivity index (χ0n) is 9.78. The summed E-state index contributed by atoms with van der Waals surface area (Å²) in [7, 11) is 0. The Bertz CT molecular complexity index is 492. The van der Waals surface area contributed by atoms with Gasteiger partial charge in [0, 0.05) is 5.56 Å². The van der Waals surface area contributed by atoms with E-state index in [1.165, 1.54) is 5.56 Å². The highest BCUT2D eigenvalue weighted by molar-refractivity contribution is 5.68. The molecule has 0 saturated heterocycles. The van der Waals surface area contributed by atoms with Crippen molar-refractivity contribution in [2.24, 2.45) is 0 Å². The number of anilines is 1. The summed E-state index contributed by atoms with van der Waals surface area (Å²) in [5.74, 6) is 0.339. The number of aromatic nitrogens is 2. The van der Waals surface area contributed by atoms with Gasteiger partial charge in [-0.3, -0.25) is 0 Å². The van der Waals surface area contributed by atoms with E-state index in [1.807, 2.05) is 13.8 Å². The molecule has 0 radical (unpaired) electrons. The van der Waals surface area contributed by atoms with E-state index >= 15 is 0 Å². The largest absolute Gasteiger partial charge is 0.368 e. The van der Waals surface area contributed by atoms with Gasteiger partial charge in [-0.1, -0.05) is 29.8 Å². The van der Waals surface area contributed by atoms with Crippen LogP contribution in [0.25, 0.3) is 11.1 Å². The average molecular weight is 213 g/mol. The summed E-state index contributed by atoms with van der Waals surface area (Å²) in [6.45, 7) is 5.99. The van der Waals surface area contributed by atoms with Crippen LogP contribution in [-0.4, -0.2) is 9.97 Å². The van der Waals surface area contributed by atoms with Gasteiger partial charge in [0.25, 0.3) is 0 Å². The molecule has 1 aromatic carbocycles. The van der Waals surface area contributed by atoms with Crippen LogP contribution in [-0.2, 0) is 0 Å². The molecule has 3 heteroatoms. The summed E-state index contributed by atoms with van der Waals surface area (Å²) in [5, 5.41) is 0. The van der Waals surface area contributed by atoms with Crippen molar-refractivity contribution in [3.05, 3.63) is 41.2 Å². The molecule has 1 aromatic heterocycles. The minimum atomic E-state index is 0.339. The van der Waals surface area contributed by atoms with Crippen LogP contribution in [0.2, 0.25) is 0 Å². The highest BCUT2D eigenvalue weighted by Gasteiger charge is 2.08. The van der Waals surface area contributed by atoms with Crippen LogP contribution >= 0.6 is 0 Å². The maximum absolute atomic E-state index is 5.61. The zero-order valence-corrected chi connectivity index (χ0v) is 9.78. The molecule has 0 fully saturated rings. The Morgan fingerprint density at radius 2 is 1.38 bits per heavy atom. The molecule has 0 aliphatic rings. The third-order valence-electron chi connectivity index (χ3n) is 2.63. The Labute approximate surface area is 95.4 Å². The number of hydrogen-bond acceptors (Lipinski definition) is 3. The number of hydrogen-bond donors (Lipinski definition) is 1. The van der Waals surface area contributed by atoms with E-state index in [2.05, 4.69) is 41.2 Å². The standard InChI is InChI=1S/C13H15N3/c1-8-4-6-11(7-5-8)12-9(2)15-13(14)16-10(12)3/h4-7H,1-3H3,(H2,14,15,16). The van der Waals surface area contributed by atoms with Crippen LogP contribution in [0, 0.1) is 20.8 Å². The van der Waals surface area contributed by atoms with Gasteiger partial charge in [0.15, 0.2) is 0 Å². The molecule has 0 unspecified atom stereocenters. The van der Waals surface area contributed by atoms with Crippen molar-refractivity contribution < 1.29 is 0 Å². The van der Waals surface area contributed by atoms with Crippen LogP contribution in [0.15, 0.2) is 24.3 Å². The lowest BCUT2D eigenvalue weighted by molar-refractivity contribution is 1.07. The minimum Gasteiger partial charge on any atom is -0.368 e. The summed E-state index contributed by atoms with van der Waals surface area (Å²) < 4.78 is 0. The number of nitrogens with two attached hydrogens (primary N) is 1. The van der Waals surface area contributed by atoms with Gasteiger partial charge in [0.1, 0.15) is 0 Å². The van der Waals surface area contributed by atoms with Crippen molar-refractivity contribution in [3.8, 4) is 11.1 Å². The summed E-state index contributed by atoms with van der Waals surface area (Å²) in [6, 6.07) is 8.35. The summed E-state index contributed by atoms with van der Waals surface area (Å²) in [6.07, 6.45) is 0. The number of aryl methyl sites for hydroxylation is 3. The Hall–Kier alpha value is -1.90. The lowest BCUT2D eigenvalue weighted by Gasteiger charge is -2.09. The van der Waals surface area contributed by atoms with Crippen LogP contribution < -0.4 is 5.73 Å². The molecular weight excluding hydrogens is 198 g/mol. The van der Waals surface area contributed by atoms with Crippen LogP contribution in [0.1, 0.15) is 17.0 Å². The van der Waals surface area contributed by atoms with Crippen molar-refractivity contribution in [1.82, 2.24) is 9.97 Å². The van der Waals surface area contributed by atoms with Crippen molar-refractivity contribution in [2.75, 3.05) is 5.73 Å². The fourth-order valence-electron chi connectivity index (χ4n) is 1.88. The number of nitrogens with zero attached hydrogens (tertiary/aromatic N) is 2. The topological polar surface area (TPSA) is 51.8 Å². The van der Waals surface area contributed by atoms with Gasteiger partial charge in [0.05, 0.1) is 11.4 Å². The third-order valence-corrected chi connectivity index (χ3v) is 2.63. The molecule has 3 nitrogen and oxygen atoms in total. The van der Waals surface area contributed by atoms with Gasteiger partial charge in [0.2, 0.25) is 5.95 Å². The monoisotopic (exact) mass is 213 g/mol. The molecule has 0 aliphatic heterocycles. The van der Waals surface area contributed by atoms with E-state index in [0.717, 1.165) is 22.5 Å². The highest BCUT2D eigenvalue weighted by atomic mass is 15.0. The Kier molecular flexibility index (Phi) is 2.60. The Morgan fingerprint density at radius 3 is 1.88 bits per heavy atom. The first-order valence-electron chi connectivity index (χ1n) is 5.25. The second-order valence-electron chi connectivity index (χ2n) is 3.99. The van der Waals surface area contributed by atoms with E-state index in [1.54, 1.807) is 0 Å². The quantitative estimate of drug-likeness (QED) is 0.792. The van der Waals surface area contributed by atoms with Crippen molar-refractivity contribution in [3.63, 3.8) is 0 Å². The molecule has 0 spiro atoms. The first-order valence-corrected chi connectivity index (χ1v) is 5.25. The first-order chi connectivity index (χ1) is 7.58. The van der Waals surface area contributed by atoms with Gasteiger partial charge in [-0.05, 0) is 26.3 Å². The molecule has 0 aliphatic carbocycles. The predicted molar refractivity (Wildman–Crippen MR) is 66.1 cm³/mol. The predicted octanol–water partition coefficient (Wildman–Crippen LogP) is 2.65.